The van der Waals surface area contributed by atoms with Crippen molar-refractivity contribution in [2.24, 2.45) is 0 Å². The van der Waals surface area contributed by atoms with Gasteiger partial charge in [0.2, 0.25) is 0 Å². The van der Waals surface area contributed by atoms with Crippen molar-refractivity contribution in [3.8, 4) is 0 Å². The molecule has 1 aromatic heterocycles. The molecule has 2 aliphatic rings. The van der Waals surface area contributed by atoms with Gasteiger partial charge in [0.15, 0.2) is 0 Å². The summed E-state index contributed by atoms with van der Waals surface area (Å²) in [6, 6.07) is 1.14. The van der Waals surface area contributed by atoms with E-state index in [1.807, 2.05) is 0 Å². The Hall–Kier alpha value is -0.910. The predicted molar refractivity (Wildman–Crippen MR) is 92.8 cm³/mol. The highest BCUT2D eigenvalue weighted by atomic mass is 16.5. The van der Waals surface area contributed by atoms with Crippen molar-refractivity contribution in [1.29, 1.82) is 0 Å². The Morgan fingerprint density at radius 2 is 1.91 bits per heavy atom. The predicted octanol–water partition coefficient (Wildman–Crippen LogP) is 2.38. The van der Waals surface area contributed by atoms with E-state index in [0.29, 0.717) is 12.1 Å². The van der Waals surface area contributed by atoms with Gasteiger partial charge in [-0.3, -0.25) is 14.5 Å². The number of hydrogen-bond acceptors (Lipinski definition) is 4. The Morgan fingerprint density at radius 1 is 1.17 bits per heavy atom. The van der Waals surface area contributed by atoms with Gasteiger partial charge in [-0.2, -0.15) is 5.10 Å². The van der Waals surface area contributed by atoms with Crippen molar-refractivity contribution >= 4 is 0 Å². The van der Waals surface area contributed by atoms with E-state index in [0.717, 1.165) is 32.8 Å². The van der Waals surface area contributed by atoms with E-state index in [1.165, 1.54) is 42.9 Å². The van der Waals surface area contributed by atoms with Crippen LogP contribution in [0.2, 0.25) is 0 Å². The van der Waals surface area contributed by atoms with Crippen LogP contribution >= 0.6 is 0 Å². The number of nitrogens with zero attached hydrogens (tertiary/aromatic N) is 4. The molecule has 5 nitrogen and oxygen atoms in total. The van der Waals surface area contributed by atoms with Crippen LogP contribution in [0.15, 0.2) is 0 Å². The number of aryl methyl sites for hydroxylation is 1. The average molecular weight is 320 g/mol. The van der Waals surface area contributed by atoms with E-state index in [1.54, 1.807) is 0 Å². The van der Waals surface area contributed by atoms with E-state index in [9.17, 15) is 0 Å². The summed E-state index contributed by atoms with van der Waals surface area (Å²) in [4.78, 5) is 5.26. The molecule has 3 heterocycles. The van der Waals surface area contributed by atoms with Gasteiger partial charge in [-0.15, -0.1) is 0 Å². The van der Waals surface area contributed by atoms with Crippen molar-refractivity contribution < 1.29 is 4.74 Å². The zero-order valence-electron chi connectivity index (χ0n) is 15.2. The molecule has 0 saturated carbocycles. The zero-order chi connectivity index (χ0) is 16.4. The highest BCUT2D eigenvalue weighted by Gasteiger charge is 2.27. The van der Waals surface area contributed by atoms with Crippen LogP contribution in [-0.2, 0) is 11.3 Å². The lowest BCUT2D eigenvalue weighted by Crippen LogP contribution is -2.51. The first-order valence-electron chi connectivity index (χ1n) is 9.15. The molecule has 5 heteroatoms. The molecular weight excluding hydrogens is 288 g/mol. The third-order valence-corrected chi connectivity index (χ3v) is 5.39. The Kier molecular flexibility index (Phi) is 5.39. The van der Waals surface area contributed by atoms with Crippen LogP contribution in [0.4, 0.5) is 0 Å². The quantitative estimate of drug-likeness (QED) is 0.853. The number of aromatic nitrogens is 2. The molecule has 0 spiro atoms. The number of piperidine rings is 1. The number of rotatable bonds is 4. The molecule has 23 heavy (non-hydrogen) atoms. The maximum atomic E-state index is 5.50. The minimum Gasteiger partial charge on any atom is -0.379 e. The van der Waals surface area contributed by atoms with Gasteiger partial charge in [0.1, 0.15) is 0 Å². The maximum absolute atomic E-state index is 5.50. The third-order valence-electron chi connectivity index (χ3n) is 5.39. The van der Waals surface area contributed by atoms with Crippen molar-refractivity contribution in [3.63, 3.8) is 0 Å². The molecule has 130 valence electrons. The third kappa shape index (κ3) is 3.78. The van der Waals surface area contributed by atoms with Gasteiger partial charge >= 0.3 is 0 Å². The number of likely N-dealkylation sites (tertiary alicyclic amines) is 1. The second-order valence-electron chi connectivity index (χ2n) is 7.37. The Morgan fingerprint density at radius 3 is 2.57 bits per heavy atom. The molecule has 2 fully saturated rings. The van der Waals surface area contributed by atoms with E-state index >= 15 is 0 Å². The summed E-state index contributed by atoms with van der Waals surface area (Å²) in [5.74, 6) is 0. The lowest BCUT2D eigenvalue weighted by molar-refractivity contribution is -0.00362. The highest BCUT2D eigenvalue weighted by Crippen LogP contribution is 2.23. The number of morpholine rings is 1. The lowest BCUT2D eigenvalue weighted by Gasteiger charge is -2.41. The van der Waals surface area contributed by atoms with Gasteiger partial charge in [0.05, 0.1) is 18.9 Å². The molecule has 2 aliphatic heterocycles. The van der Waals surface area contributed by atoms with Crippen molar-refractivity contribution in [1.82, 2.24) is 19.6 Å². The largest absolute Gasteiger partial charge is 0.379 e. The summed E-state index contributed by atoms with van der Waals surface area (Å²) >= 11 is 0. The molecule has 0 aliphatic carbocycles. The van der Waals surface area contributed by atoms with E-state index in [4.69, 9.17) is 9.84 Å². The van der Waals surface area contributed by atoms with Gasteiger partial charge in [0, 0.05) is 49.5 Å². The summed E-state index contributed by atoms with van der Waals surface area (Å²) < 4.78 is 7.68. The van der Waals surface area contributed by atoms with Crippen LogP contribution < -0.4 is 0 Å². The fourth-order valence-electron chi connectivity index (χ4n) is 4.07. The number of ether oxygens (including phenoxy) is 1. The van der Waals surface area contributed by atoms with E-state index < -0.39 is 0 Å². The van der Waals surface area contributed by atoms with Crippen LogP contribution in [-0.4, -0.2) is 65.0 Å². The molecule has 2 saturated heterocycles. The minimum absolute atomic E-state index is 0.435. The lowest BCUT2D eigenvalue weighted by atomic mass is 10.0. The van der Waals surface area contributed by atoms with Gasteiger partial charge in [-0.05, 0) is 47.1 Å². The molecular formula is C18H32N4O. The van der Waals surface area contributed by atoms with E-state index in [2.05, 4.69) is 42.2 Å². The molecule has 0 aromatic carbocycles. The van der Waals surface area contributed by atoms with E-state index in [-0.39, 0.29) is 0 Å². The van der Waals surface area contributed by atoms with Crippen LogP contribution in [0.3, 0.4) is 0 Å². The smallest absolute Gasteiger partial charge is 0.0641 e. The van der Waals surface area contributed by atoms with Gasteiger partial charge < -0.3 is 4.74 Å². The molecule has 3 rings (SSSR count). The summed E-state index contributed by atoms with van der Waals surface area (Å²) in [7, 11) is 0. The standard InChI is InChI=1S/C18H32N4O/c1-14(2)22-16(4)18(15(3)19-22)13-20-7-5-6-17(12-20)21-8-10-23-11-9-21/h14,17H,5-13H2,1-4H3. The molecule has 0 radical (unpaired) electrons. The first-order valence-corrected chi connectivity index (χ1v) is 9.15. The molecule has 0 bridgehead atoms. The Balaban J connectivity index is 1.66. The van der Waals surface area contributed by atoms with Crippen LogP contribution in [0.5, 0.6) is 0 Å². The first-order chi connectivity index (χ1) is 11.1. The van der Waals surface area contributed by atoms with Gasteiger partial charge in [-0.1, -0.05) is 0 Å². The summed E-state index contributed by atoms with van der Waals surface area (Å²) in [5, 5.41) is 4.75. The van der Waals surface area contributed by atoms with Gasteiger partial charge in [-0.25, -0.2) is 0 Å². The molecule has 0 amide bonds. The Labute approximate surface area is 140 Å². The maximum Gasteiger partial charge on any atom is 0.0641 e. The molecule has 0 N–H and O–H groups in total. The fraction of sp³-hybridized carbons (Fsp3) is 0.833. The van der Waals surface area contributed by atoms with Gasteiger partial charge in [0.25, 0.3) is 0 Å². The van der Waals surface area contributed by atoms with Crippen LogP contribution in [0.25, 0.3) is 0 Å². The van der Waals surface area contributed by atoms with Crippen molar-refractivity contribution in [2.45, 2.75) is 59.2 Å². The minimum atomic E-state index is 0.435. The summed E-state index contributed by atoms with van der Waals surface area (Å²) in [5.41, 5.74) is 3.97. The topological polar surface area (TPSA) is 33.5 Å². The fourth-order valence-corrected chi connectivity index (χ4v) is 4.07. The summed E-state index contributed by atoms with van der Waals surface area (Å²) in [6.07, 6.45) is 2.64. The second-order valence-corrected chi connectivity index (χ2v) is 7.37. The number of hydrogen-bond donors (Lipinski definition) is 0. The molecule has 1 atom stereocenters. The normalized spacial score (nSPS) is 24.5. The first kappa shape index (κ1) is 16.9. The monoisotopic (exact) mass is 320 g/mol. The SMILES string of the molecule is Cc1nn(C(C)C)c(C)c1CN1CCCC(N2CCOCC2)C1. The van der Waals surface area contributed by atoms with Crippen LogP contribution in [0, 0.1) is 13.8 Å². The van der Waals surface area contributed by atoms with Crippen molar-refractivity contribution in [2.75, 3.05) is 39.4 Å². The molecule has 1 unspecified atom stereocenters. The second kappa shape index (κ2) is 7.32. The average Bonchev–Trinajstić information content (AvgIpc) is 2.84. The summed E-state index contributed by atoms with van der Waals surface area (Å²) in [6.45, 7) is 16.2. The van der Waals surface area contributed by atoms with Crippen molar-refractivity contribution in [3.05, 3.63) is 17.0 Å². The molecule has 1 aromatic rings. The van der Waals surface area contributed by atoms with Crippen LogP contribution in [0.1, 0.15) is 49.7 Å². The Bertz CT molecular complexity index is 519. The highest BCUT2D eigenvalue weighted by molar-refractivity contribution is 5.25. The zero-order valence-corrected chi connectivity index (χ0v) is 15.2.